The van der Waals surface area contributed by atoms with Crippen molar-refractivity contribution in [2.45, 2.75) is 11.3 Å². The highest BCUT2D eigenvalue weighted by molar-refractivity contribution is 7.89. The highest BCUT2D eigenvalue weighted by Gasteiger charge is 2.12. The number of hydrogen-bond acceptors (Lipinski definition) is 4. The predicted molar refractivity (Wildman–Crippen MR) is 86.8 cm³/mol. The van der Waals surface area contributed by atoms with Gasteiger partial charge in [0.05, 0.1) is 10.4 Å². The number of oxazole rings is 1. The van der Waals surface area contributed by atoms with Gasteiger partial charge >= 0.3 is 5.76 Å². The molecule has 0 aliphatic carbocycles. The molecule has 120 valence electrons. The largest absolute Gasteiger partial charge is 0.419 e. The molecule has 0 atom stereocenters. The maximum absolute atomic E-state index is 12.1. The third-order valence-corrected chi connectivity index (χ3v) is 5.09. The third kappa shape index (κ3) is 3.20. The van der Waals surface area contributed by atoms with E-state index in [0.717, 1.165) is 5.56 Å². The lowest BCUT2D eigenvalue weighted by atomic mass is 10.1. The van der Waals surface area contributed by atoms with Crippen LogP contribution in [0.1, 0.15) is 5.56 Å². The second-order valence-electron chi connectivity index (χ2n) is 5.19. The summed E-state index contributed by atoms with van der Waals surface area (Å²) in [5, 5.41) is 0. The number of fused-ring (bicyclic) bond motifs is 1. The summed E-state index contributed by atoms with van der Waals surface area (Å²) in [4.78, 5) is 11.7. The molecule has 6 nitrogen and oxygen atoms in total. The summed E-state index contributed by atoms with van der Waals surface area (Å²) in [5.74, 6) is -0.415. The molecule has 23 heavy (non-hydrogen) atoms. The van der Waals surface area contributed by atoms with E-state index in [9.17, 15) is 13.2 Å². The number of benzene rings is 2. The topological polar surface area (TPSA) is 81.3 Å². The van der Waals surface area contributed by atoms with Crippen LogP contribution in [0.2, 0.25) is 0 Å². The summed E-state index contributed by atoms with van der Waals surface area (Å²) in [5.41, 5.74) is 2.13. The fourth-order valence-corrected chi connectivity index (χ4v) is 3.39. The lowest BCUT2D eigenvalue weighted by Gasteiger charge is -2.07. The molecule has 0 aliphatic rings. The average molecular weight is 332 g/mol. The Kier molecular flexibility index (Phi) is 4.06. The standard InChI is InChI=1S/C16H16N2O4S/c1-18-14-11-12(7-8-15(14)22-16(18)19)9-10-17-23(20,21)13-5-3-2-4-6-13/h2-8,11,17H,9-10H2,1H3. The van der Waals surface area contributed by atoms with Gasteiger partial charge in [-0.15, -0.1) is 0 Å². The van der Waals surface area contributed by atoms with Gasteiger partial charge in [-0.25, -0.2) is 17.9 Å². The van der Waals surface area contributed by atoms with E-state index < -0.39 is 15.8 Å². The smallest absolute Gasteiger partial charge is 0.408 e. The molecule has 2 aromatic carbocycles. The first-order valence-electron chi connectivity index (χ1n) is 7.10. The monoisotopic (exact) mass is 332 g/mol. The van der Waals surface area contributed by atoms with Gasteiger partial charge in [0.1, 0.15) is 0 Å². The molecule has 0 bridgehead atoms. The molecule has 1 N–H and O–H groups in total. The van der Waals surface area contributed by atoms with Gasteiger partial charge in [-0.2, -0.15) is 0 Å². The van der Waals surface area contributed by atoms with Gasteiger partial charge in [0.25, 0.3) is 0 Å². The molecule has 0 amide bonds. The number of nitrogens with zero attached hydrogens (tertiary/aromatic N) is 1. The second-order valence-corrected chi connectivity index (χ2v) is 6.96. The Morgan fingerprint density at radius 3 is 2.61 bits per heavy atom. The summed E-state index contributed by atoms with van der Waals surface area (Å²) in [7, 11) is -1.87. The molecule has 0 radical (unpaired) electrons. The number of aryl methyl sites for hydroxylation is 1. The van der Waals surface area contributed by atoms with E-state index in [1.807, 2.05) is 12.1 Å². The van der Waals surface area contributed by atoms with Crippen LogP contribution < -0.4 is 10.5 Å². The molecule has 3 aromatic rings. The lowest BCUT2D eigenvalue weighted by Crippen LogP contribution is -2.25. The zero-order valence-electron chi connectivity index (χ0n) is 12.5. The Morgan fingerprint density at radius 1 is 1.13 bits per heavy atom. The van der Waals surface area contributed by atoms with Gasteiger partial charge in [0.15, 0.2) is 5.58 Å². The Bertz CT molecular complexity index is 988. The molecule has 0 unspecified atom stereocenters. The molecule has 0 spiro atoms. The highest BCUT2D eigenvalue weighted by atomic mass is 32.2. The van der Waals surface area contributed by atoms with Gasteiger partial charge < -0.3 is 4.42 Å². The van der Waals surface area contributed by atoms with E-state index in [1.165, 1.54) is 4.57 Å². The zero-order valence-corrected chi connectivity index (χ0v) is 13.3. The summed E-state index contributed by atoms with van der Waals surface area (Å²) in [6, 6.07) is 13.6. The van der Waals surface area contributed by atoms with Crippen molar-refractivity contribution >= 4 is 21.1 Å². The van der Waals surface area contributed by atoms with Gasteiger partial charge in [0.2, 0.25) is 10.0 Å². The van der Waals surface area contributed by atoms with Crippen molar-refractivity contribution in [1.82, 2.24) is 9.29 Å². The van der Waals surface area contributed by atoms with Gasteiger partial charge in [-0.1, -0.05) is 24.3 Å². The summed E-state index contributed by atoms with van der Waals surface area (Å²) in [6.45, 7) is 0.272. The van der Waals surface area contributed by atoms with Crippen LogP contribution in [0.3, 0.4) is 0 Å². The van der Waals surface area contributed by atoms with Gasteiger partial charge in [-0.05, 0) is 36.2 Å². The average Bonchev–Trinajstić information content (AvgIpc) is 2.83. The Morgan fingerprint density at radius 2 is 1.87 bits per heavy atom. The third-order valence-electron chi connectivity index (χ3n) is 3.62. The number of hydrogen-bond donors (Lipinski definition) is 1. The van der Waals surface area contributed by atoms with Gasteiger partial charge in [0, 0.05) is 13.6 Å². The molecular formula is C16H16N2O4S. The number of nitrogens with one attached hydrogen (secondary N) is 1. The van der Waals surface area contributed by atoms with E-state index in [-0.39, 0.29) is 11.4 Å². The normalized spacial score (nSPS) is 11.9. The predicted octanol–water partition coefficient (Wildman–Crippen LogP) is 1.65. The van der Waals surface area contributed by atoms with E-state index >= 15 is 0 Å². The van der Waals surface area contributed by atoms with Crippen molar-refractivity contribution in [3.63, 3.8) is 0 Å². The first kappa shape index (κ1) is 15.5. The van der Waals surface area contributed by atoms with Crippen molar-refractivity contribution < 1.29 is 12.8 Å². The first-order valence-corrected chi connectivity index (χ1v) is 8.59. The number of rotatable bonds is 5. The van der Waals surface area contributed by atoms with E-state index in [2.05, 4.69) is 4.72 Å². The van der Waals surface area contributed by atoms with Crippen molar-refractivity contribution in [2.24, 2.45) is 7.05 Å². The van der Waals surface area contributed by atoms with Crippen LogP contribution >= 0.6 is 0 Å². The Balaban J connectivity index is 1.71. The van der Waals surface area contributed by atoms with Crippen molar-refractivity contribution in [2.75, 3.05) is 6.54 Å². The molecule has 1 heterocycles. The van der Waals surface area contributed by atoms with Crippen molar-refractivity contribution in [1.29, 1.82) is 0 Å². The van der Waals surface area contributed by atoms with Crippen LogP contribution in [0.15, 0.2) is 62.6 Å². The van der Waals surface area contributed by atoms with Crippen LogP contribution in [0, 0.1) is 0 Å². The second kappa shape index (κ2) is 6.02. The minimum Gasteiger partial charge on any atom is -0.408 e. The molecule has 7 heteroatoms. The highest BCUT2D eigenvalue weighted by Crippen LogP contribution is 2.15. The summed E-state index contributed by atoms with van der Waals surface area (Å²) >= 11 is 0. The van der Waals surface area contributed by atoms with Crippen LogP contribution in [-0.2, 0) is 23.5 Å². The van der Waals surface area contributed by atoms with E-state index in [1.54, 1.807) is 43.4 Å². The maximum Gasteiger partial charge on any atom is 0.419 e. The fourth-order valence-electron chi connectivity index (χ4n) is 2.34. The Hall–Kier alpha value is -2.38. The molecule has 3 rings (SSSR count). The fraction of sp³-hybridized carbons (Fsp3) is 0.188. The molecule has 0 saturated heterocycles. The van der Waals surface area contributed by atoms with Crippen LogP contribution in [0.5, 0.6) is 0 Å². The molecule has 0 saturated carbocycles. The molecule has 0 aliphatic heterocycles. The van der Waals surface area contributed by atoms with Crippen molar-refractivity contribution in [3.8, 4) is 0 Å². The lowest BCUT2D eigenvalue weighted by molar-refractivity contribution is 0.528. The zero-order chi connectivity index (χ0) is 16.4. The first-order chi connectivity index (χ1) is 11.0. The van der Waals surface area contributed by atoms with Crippen LogP contribution in [0.4, 0.5) is 0 Å². The van der Waals surface area contributed by atoms with Crippen LogP contribution in [-0.4, -0.2) is 19.5 Å². The minimum atomic E-state index is -3.50. The summed E-state index contributed by atoms with van der Waals surface area (Å²) < 4.78 is 33.3. The van der Waals surface area contributed by atoms with Crippen molar-refractivity contribution in [3.05, 3.63) is 64.6 Å². The van der Waals surface area contributed by atoms with Crippen LogP contribution in [0.25, 0.3) is 11.1 Å². The molecule has 0 fully saturated rings. The minimum absolute atomic E-state index is 0.243. The Labute approximate surface area is 133 Å². The number of sulfonamides is 1. The molecular weight excluding hydrogens is 316 g/mol. The summed E-state index contributed by atoms with van der Waals surface area (Å²) in [6.07, 6.45) is 0.515. The van der Waals surface area contributed by atoms with Gasteiger partial charge in [-0.3, -0.25) is 4.57 Å². The quantitative estimate of drug-likeness (QED) is 0.770. The van der Waals surface area contributed by atoms with E-state index in [4.69, 9.17) is 4.42 Å². The van der Waals surface area contributed by atoms with E-state index in [0.29, 0.717) is 17.5 Å². The number of aromatic nitrogens is 1. The maximum atomic E-state index is 12.1. The molecule has 1 aromatic heterocycles. The SMILES string of the molecule is Cn1c(=O)oc2ccc(CCNS(=O)(=O)c3ccccc3)cc21.